The van der Waals surface area contributed by atoms with Crippen LogP contribution in [0.1, 0.15) is 49.9 Å². The first kappa shape index (κ1) is 28.4. The molecule has 0 unspecified atom stereocenters. The van der Waals surface area contributed by atoms with Gasteiger partial charge in [-0.25, -0.2) is 4.39 Å². The van der Waals surface area contributed by atoms with Crippen molar-refractivity contribution in [2.45, 2.75) is 38.5 Å². The van der Waals surface area contributed by atoms with Gasteiger partial charge in [0.2, 0.25) is 0 Å². The highest BCUT2D eigenvalue weighted by molar-refractivity contribution is 6.10. The Kier molecular flexibility index (Phi) is 5.61. The van der Waals surface area contributed by atoms with Gasteiger partial charge in [0.15, 0.2) is 5.58 Å². The largest absolute Gasteiger partial charge is 0.454 e. The van der Waals surface area contributed by atoms with E-state index in [0.29, 0.717) is 5.69 Å². The molecule has 0 radical (unpaired) electrons. The lowest BCUT2D eigenvalue weighted by Gasteiger charge is -2.26. The van der Waals surface area contributed by atoms with Crippen LogP contribution in [0.5, 0.6) is 0 Å². The van der Waals surface area contributed by atoms with Crippen LogP contribution in [0.2, 0.25) is 0 Å². The summed E-state index contributed by atoms with van der Waals surface area (Å²) in [4.78, 5) is 2.00. The lowest BCUT2D eigenvalue weighted by Crippen LogP contribution is -2.17. The fourth-order valence-electron chi connectivity index (χ4n) is 8.75. The maximum Gasteiger partial charge on any atom is 0.159 e. The Labute approximate surface area is 285 Å². The number of fused-ring (bicyclic) bond motifs is 10. The molecular formula is C46H34FNO. The first-order valence-corrected chi connectivity index (χ1v) is 17.0. The molecule has 10 rings (SSSR count). The fraction of sp³-hybridized carbons (Fsp3) is 0.130. The molecule has 2 nitrogen and oxygen atoms in total. The molecule has 8 aromatic rings. The van der Waals surface area contributed by atoms with Crippen LogP contribution in [0.15, 0.2) is 138 Å². The predicted molar refractivity (Wildman–Crippen MR) is 201 cm³/mol. The van der Waals surface area contributed by atoms with E-state index in [-0.39, 0.29) is 16.6 Å². The molecule has 0 aliphatic heterocycles. The number of para-hydroxylation sites is 3. The van der Waals surface area contributed by atoms with Gasteiger partial charge in [0.05, 0.1) is 11.4 Å². The zero-order chi connectivity index (χ0) is 33.2. The summed E-state index contributed by atoms with van der Waals surface area (Å²) in [7, 11) is 0. The molecule has 3 heteroatoms. The second kappa shape index (κ2) is 9.70. The van der Waals surface area contributed by atoms with E-state index in [4.69, 9.17) is 4.42 Å². The van der Waals surface area contributed by atoms with Gasteiger partial charge in [-0.2, -0.15) is 0 Å². The van der Waals surface area contributed by atoms with Gasteiger partial charge in [-0.15, -0.1) is 0 Å². The molecule has 0 amide bonds. The molecule has 0 saturated carbocycles. The van der Waals surface area contributed by atoms with E-state index < -0.39 is 0 Å². The molecule has 0 spiro atoms. The van der Waals surface area contributed by atoms with Gasteiger partial charge >= 0.3 is 0 Å². The van der Waals surface area contributed by atoms with Crippen molar-refractivity contribution in [1.29, 1.82) is 0 Å². The Morgan fingerprint density at radius 3 is 1.96 bits per heavy atom. The summed E-state index contributed by atoms with van der Waals surface area (Å²) in [5.41, 5.74) is 14.3. The third-order valence-corrected chi connectivity index (χ3v) is 11.3. The number of hydrogen-bond acceptors (Lipinski definition) is 2. The minimum Gasteiger partial charge on any atom is -0.454 e. The Morgan fingerprint density at radius 1 is 0.490 bits per heavy atom. The van der Waals surface area contributed by atoms with Gasteiger partial charge in [0, 0.05) is 27.3 Å². The van der Waals surface area contributed by atoms with Gasteiger partial charge in [-0.1, -0.05) is 100 Å². The number of furan rings is 1. The topological polar surface area (TPSA) is 16.4 Å². The van der Waals surface area contributed by atoms with Crippen LogP contribution < -0.4 is 4.90 Å². The van der Waals surface area contributed by atoms with Gasteiger partial charge in [0.1, 0.15) is 11.4 Å². The zero-order valence-electron chi connectivity index (χ0n) is 27.9. The normalized spacial score (nSPS) is 15.0. The number of rotatable bonds is 3. The first-order chi connectivity index (χ1) is 23.7. The van der Waals surface area contributed by atoms with Crippen LogP contribution >= 0.6 is 0 Å². The van der Waals surface area contributed by atoms with Crippen molar-refractivity contribution in [3.05, 3.63) is 162 Å². The van der Waals surface area contributed by atoms with Crippen molar-refractivity contribution in [3.63, 3.8) is 0 Å². The van der Waals surface area contributed by atoms with Crippen LogP contribution in [0.25, 0.3) is 55.0 Å². The van der Waals surface area contributed by atoms with Gasteiger partial charge in [0.25, 0.3) is 0 Å². The van der Waals surface area contributed by atoms with Crippen LogP contribution in [-0.4, -0.2) is 0 Å². The zero-order valence-corrected chi connectivity index (χ0v) is 27.9. The van der Waals surface area contributed by atoms with Crippen molar-refractivity contribution in [2.75, 3.05) is 4.90 Å². The maximum atomic E-state index is 15.7. The van der Waals surface area contributed by atoms with Crippen LogP contribution in [0, 0.1) is 5.82 Å². The molecular weight excluding hydrogens is 602 g/mol. The summed E-state index contributed by atoms with van der Waals surface area (Å²) in [6, 6.07) is 46.1. The molecule has 236 valence electrons. The van der Waals surface area contributed by atoms with Crippen molar-refractivity contribution < 1.29 is 8.81 Å². The fourth-order valence-corrected chi connectivity index (χ4v) is 8.75. The number of hydrogen-bond donors (Lipinski definition) is 0. The monoisotopic (exact) mass is 635 g/mol. The summed E-state index contributed by atoms with van der Waals surface area (Å²) in [6.45, 7) is 9.39. The average Bonchev–Trinajstić information content (AvgIpc) is 3.68. The SMILES string of the molecule is CC1(C)c2ccccc2-c2cc3c(cc21)-c1cc2ccc(N(c4ccccc4F)c4cccc5c4oc4ccccc45)cc2cc1C3(C)C. The Balaban J connectivity index is 1.16. The number of anilines is 3. The van der Waals surface area contributed by atoms with Gasteiger partial charge < -0.3 is 9.32 Å². The third-order valence-electron chi connectivity index (χ3n) is 11.3. The Morgan fingerprint density at radius 2 is 1.12 bits per heavy atom. The van der Waals surface area contributed by atoms with E-state index in [1.165, 1.54) is 50.6 Å². The Bertz CT molecular complexity index is 2690. The lowest BCUT2D eigenvalue weighted by atomic mass is 9.79. The molecule has 2 aliphatic rings. The van der Waals surface area contributed by atoms with Crippen LogP contribution in [0.4, 0.5) is 21.5 Å². The minimum atomic E-state index is -0.293. The number of nitrogens with zero attached hydrogens (tertiary/aromatic N) is 1. The highest BCUT2D eigenvalue weighted by Gasteiger charge is 2.41. The Hall–Kier alpha value is -5.67. The quantitative estimate of drug-likeness (QED) is 0.192. The van der Waals surface area contributed by atoms with Crippen molar-refractivity contribution >= 4 is 49.8 Å². The molecule has 0 N–H and O–H groups in total. The second-order valence-electron chi connectivity index (χ2n) is 14.7. The molecule has 0 bridgehead atoms. The van der Waals surface area contributed by atoms with E-state index in [1.807, 2.05) is 47.4 Å². The molecule has 2 aliphatic carbocycles. The van der Waals surface area contributed by atoms with Crippen LogP contribution in [-0.2, 0) is 10.8 Å². The molecule has 0 atom stereocenters. The van der Waals surface area contributed by atoms with Crippen molar-refractivity contribution in [3.8, 4) is 22.3 Å². The van der Waals surface area contributed by atoms with Gasteiger partial charge in [-0.05, 0) is 116 Å². The van der Waals surface area contributed by atoms with Crippen LogP contribution in [0.3, 0.4) is 0 Å². The van der Waals surface area contributed by atoms with Gasteiger partial charge in [-0.3, -0.25) is 0 Å². The van der Waals surface area contributed by atoms with E-state index in [1.54, 1.807) is 6.07 Å². The van der Waals surface area contributed by atoms with E-state index >= 15 is 4.39 Å². The molecule has 0 fully saturated rings. The number of halogens is 1. The highest BCUT2D eigenvalue weighted by Crippen LogP contribution is 2.56. The summed E-state index contributed by atoms with van der Waals surface area (Å²) < 4.78 is 22.2. The summed E-state index contributed by atoms with van der Waals surface area (Å²) in [6.07, 6.45) is 0. The van der Waals surface area contributed by atoms with E-state index in [2.05, 4.69) is 107 Å². The summed E-state index contributed by atoms with van der Waals surface area (Å²) in [5, 5.41) is 4.32. The number of benzene rings is 7. The molecule has 49 heavy (non-hydrogen) atoms. The van der Waals surface area contributed by atoms with E-state index in [9.17, 15) is 0 Å². The second-order valence-corrected chi connectivity index (χ2v) is 14.7. The van der Waals surface area contributed by atoms with E-state index in [0.717, 1.165) is 44.1 Å². The standard InChI is InChI=1S/C46H34FNO/c1-45(2)36-15-7-5-12-30(36)34-25-39-35(26-38(34)45)33-23-27-20-21-29(22-28(27)24-37(33)46(39,3)4)48(41-17-9-8-16-40(41)47)42-18-11-14-32-31-13-6-10-19-43(31)49-44(32)42/h5-26H,1-4H3. The molecule has 0 saturated heterocycles. The first-order valence-electron chi connectivity index (χ1n) is 17.0. The van der Waals surface area contributed by atoms with Crippen molar-refractivity contribution in [2.24, 2.45) is 0 Å². The molecule has 1 aromatic heterocycles. The smallest absolute Gasteiger partial charge is 0.159 e. The summed E-state index contributed by atoms with van der Waals surface area (Å²) in [5.74, 6) is -0.293. The molecule has 7 aromatic carbocycles. The predicted octanol–water partition coefficient (Wildman–Crippen LogP) is 13.0. The van der Waals surface area contributed by atoms with Crippen molar-refractivity contribution in [1.82, 2.24) is 0 Å². The average molecular weight is 636 g/mol. The summed E-state index contributed by atoms with van der Waals surface area (Å²) >= 11 is 0. The molecule has 1 heterocycles. The highest BCUT2D eigenvalue weighted by atomic mass is 19.1. The third kappa shape index (κ3) is 3.82. The lowest BCUT2D eigenvalue weighted by molar-refractivity contribution is 0.628. The maximum absolute atomic E-state index is 15.7. The minimum absolute atomic E-state index is 0.0571.